The molecule has 1 aliphatic carbocycles. The van der Waals surface area contributed by atoms with Gasteiger partial charge in [0.15, 0.2) is 0 Å². The lowest BCUT2D eigenvalue weighted by Crippen LogP contribution is -2.26. The van der Waals surface area contributed by atoms with Crippen LogP contribution in [0.15, 0.2) is 18.2 Å². The molecule has 2 rings (SSSR count). The lowest BCUT2D eigenvalue weighted by Gasteiger charge is -2.24. The van der Waals surface area contributed by atoms with Crippen molar-refractivity contribution in [3.63, 3.8) is 0 Å². The van der Waals surface area contributed by atoms with Gasteiger partial charge in [0.2, 0.25) is 0 Å². The fraction of sp³-hybridized carbons (Fsp3) is 0.571. The molecule has 0 unspecified atom stereocenters. The third-order valence-corrected chi connectivity index (χ3v) is 3.43. The van der Waals surface area contributed by atoms with Crippen LogP contribution in [0.5, 0.6) is 0 Å². The first-order valence-corrected chi connectivity index (χ1v) is 6.58. The van der Waals surface area contributed by atoms with Crippen molar-refractivity contribution in [1.82, 2.24) is 5.32 Å². The molecular formula is C14H19F3N2. The molecule has 5 heteroatoms. The molecule has 0 heterocycles. The van der Waals surface area contributed by atoms with Crippen molar-refractivity contribution in [2.75, 3.05) is 18.5 Å². The molecule has 1 N–H and O–H groups in total. The molecule has 0 bridgehead atoms. The van der Waals surface area contributed by atoms with Crippen LogP contribution in [-0.4, -0.2) is 19.6 Å². The monoisotopic (exact) mass is 272 g/mol. The van der Waals surface area contributed by atoms with Crippen molar-refractivity contribution < 1.29 is 13.2 Å². The molecule has 1 saturated carbocycles. The first-order chi connectivity index (χ1) is 8.97. The van der Waals surface area contributed by atoms with Crippen LogP contribution in [0.2, 0.25) is 0 Å². The van der Waals surface area contributed by atoms with Crippen LogP contribution in [0.25, 0.3) is 0 Å². The smallest absolute Gasteiger partial charge is 0.369 e. The molecule has 2 nitrogen and oxygen atoms in total. The first-order valence-electron chi connectivity index (χ1n) is 6.58. The normalized spacial score (nSPS) is 15.6. The highest BCUT2D eigenvalue weighted by Gasteiger charge is 2.35. The van der Waals surface area contributed by atoms with Gasteiger partial charge in [-0.15, -0.1) is 0 Å². The average molecular weight is 272 g/mol. The molecule has 0 amide bonds. The summed E-state index contributed by atoms with van der Waals surface area (Å²) in [5.41, 5.74) is 0.446. The number of nitrogens with one attached hydrogen (secondary N) is 1. The minimum absolute atomic E-state index is 0.227. The van der Waals surface area contributed by atoms with Crippen molar-refractivity contribution in [1.29, 1.82) is 0 Å². The molecule has 1 aliphatic rings. The van der Waals surface area contributed by atoms with E-state index in [-0.39, 0.29) is 6.54 Å². The molecule has 1 aromatic rings. The van der Waals surface area contributed by atoms with Crippen LogP contribution in [0.3, 0.4) is 0 Å². The molecule has 0 spiro atoms. The average Bonchev–Trinajstić information content (AvgIpc) is 3.15. The SMILES string of the molecule is CCN(c1ccc(CNC)c(C(F)(F)F)c1)C1CC1. The van der Waals surface area contributed by atoms with Crippen molar-refractivity contribution in [3.8, 4) is 0 Å². The number of hydrogen-bond donors (Lipinski definition) is 1. The van der Waals surface area contributed by atoms with Gasteiger partial charge >= 0.3 is 6.18 Å². The van der Waals surface area contributed by atoms with Crippen LogP contribution in [0, 0.1) is 0 Å². The number of benzene rings is 1. The Morgan fingerprint density at radius 2 is 2.00 bits per heavy atom. The van der Waals surface area contributed by atoms with Gasteiger partial charge < -0.3 is 10.2 Å². The third-order valence-electron chi connectivity index (χ3n) is 3.43. The lowest BCUT2D eigenvalue weighted by atomic mass is 10.1. The Balaban J connectivity index is 2.36. The van der Waals surface area contributed by atoms with Crippen LogP contribution < -0.4 is 10.2 Å². The summed E-state index contributed by atoms with van der Waals surface area (Å²) in [5.74, 6) is 0. The summed E-state index contributed by atoms with van der Waals surface area (Å²) in [4.78, 5) is 2.05. The maximum absolute atomic E-state index is 13.1. The summed E-state index contributed by atoms with van der Waals surface area (Å²) in [6, 6.07) is 5.08. The summed E-state index contributed by atoms with van der Waals surface area (Å²) in [7, 11) is 1.65. The second kappa shape index (κ2) is 5.41. The number of hydrogen-bond acceptors (Lipinski definition) is 2. The molecule has 0 aliphatic heterocycles. The lowest BCUT2D eigenvalue weighted by molar-refractivity contribution is -0.138. The van der Waals surface area contributed by atoms with Gasteiger partial charge in [0, 0.05) is 24.8 Å². The number of nitrogens with zero attached hydrogens (tertiary/aromatic N) is 1. The fourth-order valence-corrected chi connectivity index (χ4v) is 2.39. The Kier molecular flexibility index (Phi) is 4.04. The largest absolute Gasteiger partial charge is 0.416 e. The topological polar surface area (TPSA) is 15.3 Å². The van der Waals surface area contributed by atoms with Gasteiger partial charge in [-0.2, -0.15) is 13.2 Å². The highest BCUT2D eigenvalue weighted by molar-refractivity contribution is 5.53. The maximum atomic E-state index is 13.1. The van der Waals surface area contributed by atoms with Crippen LogP contribution >= 0.6 is 0 Å². The number of halogens is 3. The van der Waals surface area contributed by atoms with E-state index in [1.807, 2.05) is 6.92 Å². The highest BCUT2D eigenvalue weighted by Crippen LogP contribution is 2.37. The van der Waals surface area contributed by atoms with E-state index >= 15 is 0 Å². The highest BCUT2D eigenvalue weighted by atomic mass is 19.4. The van der Waals surface area contributed by atoms with E-state index in [0.29, 0.717) is 17.3 Å². The first kappa shape index (κ1) is 14.2. The van der Waals surface area contributed by atoms with E-state index in [4.69, 9.17) is 0 Å². The van der Waals surface area contributed by atoms with Gasteiger partial charge in [0.05, 0.1) is 5.56 Å². The second-order valence-corrected chi connectivity index (χ2v) is 4.89. The third kappa shape index (κ3) is 3.21. The zero-order chi connectivity index (χ0) is 14.0. The van der Waals surface area contributed by atoms with Gasteiger partial charge in [-0.1, -0.05) is 6.07 Å². The minimum Gasteiger partial charge on any atom is -0.369 e. The Labute approximate surface area is 111 Å². The quantitative estimate of drug-likeness (QED) is 0.883. The van der Waals surface area contributed by atoms with E-state index in [0.717, 1.165) is 19.4 Å². The summed E-state index contributed by atoms with van der Waals surface area (Å²) in [5, 5.41) is 2.78. The number of alkyl halides is 3. The van der Waals surface area contributed by atoms with Gasteiger partial charge in [-0.3, -0.25) is 0 Å². The standard InChI is InChI=1S/C14H19F3N2/c1-3-19(11-6-7-11)12-5-4-10(9-18-2)13(8-12)14(15,16)17/h4-5,8,11,18H,3,6-7,9H2,1-2H3. The van der Waals surface area contributed by atoms with E-state index in [9.17, 15) is 13.2 Å². The second-order valence-electron chi connectivity index (χ2n) is 4.89. The molecule has 0 atom stereocenters. The predicted molar refractivity (Wildman–Crippen MR) is 70.2 cm³/mol. The zero-order valence-electron chi connectivity index (χ0n) is 11.2. The van der Waals surface area contributed by atoms with Crippen molar-refractivity contribution >= 4 is 5.69 Å². The summed E-state index contributed by atoms with van der Waals surface area (Å²) < 4.78 is 39.3. The van der Waals surface area contributed by atoms with Crippen molar-refractivity contribution in [2.45, 2.75) is 38.5 Å². The maximum Gasteiger partial charge on any atom is 0.416 e. The summed E-state index contributed by atoms with van der Waals surface area (Å²) in [6.07, 6.45) is -2.15. The van der Waals surface area contributed by atoms with Crippen LogP contribution in [0.4, 0.5) is 18.9 Å². The van der Waals surface area contributed by atoms with Crippen LogP contribution in [0.1, 0.15) is 30.9 Å². The Morgan fingerprint density at radius 1 is 1.32 bits per heavy atom. The molecule has 1 fully saturated rings. The minimum atomic E-state index is -4.30. The van der Waals surface area contributed by atoms with E-state index < -0.39 is 11.7 Å². The van der Waals surface area contributed by atoms with Gasteiger partial charge in [-0.25, -0.2) is 0 Å². The number of rotatable bonds is 5. The van der Waals surface area contributed by atoms with E-state index in [1.165, 1.54) is 6.07 Å². The van der Waals surface area contributed by atoms with Gasteiger partial charge in [0.1, 0.15) is 0 Å². The molecule has 0 radical (unpaired) electrons. The van der Waals surface area contributed by atoms with Gasteiger partial charge in [0.25, 0.3) is 0 Å². The molecular weight excluding hydrogens is 253 g/mol. The van der Waals surface area contributed by atoms with E-state index in [2.05, 4.69) is 10.2 Å². The number of anilines is 1. The van der Waals surface area contributed by atoms with Crippen molar-refractivity contribution in [3.05, 3.63) is 29.3 Å². The molecule has 106 valence electrons. The van der Waals surface area contributed by atoms with Gasteiger partial charge in [-0.05, 0) is 44.5 Å². The predicted octanol–water partition coefficient (Wildman–Crippen LogP) is 3.41. The molecule has 1 aromatic carbocycles. The Bertz CT molecular complexity index is 439. The molecule has 19 heavy (non-hydrogen) atoms. The Morgan fingerprint density at radius 3 is 2.47 bits per heavy atom. The van der Waals surface area contributed by atoms with E-state index in [1.54, 1.807) is 19.2 Å². The van der Waals surface area contributed by atoms with Crippen molar-refractivity contribution in [2.24, 2.45) is 0 Å². The summed E-state index contributed by atoms with van der Waals surface area (Å²) >= 11 is 0. The zero-order valence-corrected chi connectivity index (χ0v) is 11.2. The molecule has 0 aromatic heterocycles. The molecule has 0 saturated heterocycles. The summed E-state index contributed by atoms with van der Waals surface area (Å²) in [6.45, 7) is 2.95. The fourth-order valence-electron chi connectivity index (χ4n) is 2.39. The van der Waals surface area contributed by atoms with Crippen LogP contribution in [-0.2, 0) is 12.7 Å². The Hall–Kier alpha value is -1.23.